The SMILES string of the molecule is NCC1COCCO1. The highest BCUT2D eigenvalue weighted by molar-refractivity contribution is 4.59. The molecule has 3 nitrogen and oxygen atoms in total. The molecule has 1 saturated heterocycles. The van der Waals surface area contributed by atoms with Crippen molar-refractivity contribution < 1.29 is 9.47 Å². The summed E-state index contributed by atoms with van der Waals surface area (Å²) in [4.78, 5) is 0. The van der Waals surface area contributed by atoms with Gasteiger partial charge < -0.3 is 15.2 Å². The molecule has 0 saturated carbocycles. The molecule has 1 unspecified atom stereocenters. The topological polar surface area (TPSA) is 44.5 Å². The van der Waals surface area contributed by atoms with Crippen LogP contribution in [0.15, 0.2) is 0 Å². The van der Waals surface area contributed by atoms with Gasteiger partial charge in [0.15, 0.2) is 0 Å². The predicted octanol–water partition coefficient (Wildman–Crippen LogP) is -0.640. The van der Waals surface area contributed by atoms with Gasteiger partial charge in [0.25, 0.3) is 0 Å². The summed E-state index contributed by atoms with van der Waals surface area (Å²) in [7, 11) is 0. The van der Waals surface area contributed by atoms with Crippen LogP contribution in [0.4, 0.5) is 0 Å². The van der Waals surface area contributed by atoms with Gasteiger partial charge in [0, 0.05) is 6.54 Å². The van der Waals surface area contributed by atoms with Gasteiger partial charge in [-0.1, -0.05) is 0 Å². The number of hydrogen-bond acceptors (Lipinski definition) is 3. The van der Waals surface area contributed by atoms with Crippen LogP contribution in [0.25, 0.3) is 0 Å². The third-order valence-electron chi connectivity index (χ3n) is 1.15. The van der Waals surface area contributed by atoms with Gasteiger partial charge in [-0.2, -0.15) is 0 Å². The molecule has 1 fully saturated rings. The predicted molar refractivity (Wildman–Crippen MR) is 29.6 cm³/mol. The lowest BCUT2D eigenvalue weighted by atomic mass is 10.3. The van der Waals surface area contributed by atoms with Gasteiger partial charge in [0.05, 0.1) is 25.9 Å². The van der Waals surface area contributed by atoms with E-state index in [1.807, 2.05) is 0 Å². The molecule has 1 aliphatic rings. The van der Waals surface area contributed by atoms with E-state index in [1.54, 1.807) is 0 Å². The average molecular weight is 117 g/mol. The Labute approximate surface area is 48.8 Å². The molecule has 0 bridgehead atoms. The molecule has 0 aromatic heterocycles. The molecule has 0 amide bonds. The largest absolute Gasteiger partial charge is 0.376 e. The van der Waals surface area contributed by atoms with E-state index in [0.29, 0.717) is 19.8 Å². The molecule has 0 aliphatic carbocycles. The van der Waals surface area contributed by atoms with Crippen LogP contribution in [0, 0.1) is 0 Å². The fourth-order valence-corrected chi connectivity index (χ4v) is 0.673. The average Bonchev–Trinajstić information content (AvgIpc) is 1.90. The maximum atomic E-state index is 5.30. The van der Waals surface area contributed by atoms with E-state index in [2.05, 4.69) is 0 Å². The molecule has 0 radical (unpaired) electrons. The highest BCUT2D eigenvalue weighted by atomic mass is 16.6. The van der Waals surface area contributed by atoms with Gasteiger partial charge >= 0.3 is 0 Å². The van der Waals surface area contributed by atoms with E-state index in [-0.39, 0.29) is 6.10 Å². The molecule has 1 atom stereocenters. The van der Waals surface area contributed by atoms with Crippen LogP contribution >= 0.6 is 0 Å². The monoisotopic (exact) mass is 117 g/mol. The standard InChI is InChI=1S/C5H11NO2/c6-3-5-4-7-1-2-8-5/h5H,1-4,6H2. The summed E-state index contributed by atoms with van der Waals surface area (Å²) in [5, 5.41) is 0. The van der Waals surface area contributed by atoms with E-state index in [0.717, 1.165) is 6.61 Å². The summed E-state index contributed by atoms with van der Waals surface area (Å²) in [5.41, 5.74) is 5.30. The Morgan fingerprint density at radius 2 is 2.38 bits per heavy atom. The fraction of sp³-hybridized carbons (Fsp3) is 1.00. The molecule has 8 heavy (non-hydrogen) atoms. The van der Waals surface area contributed by atoms with Crippen LogP contribution in [0.3, 0.4) is 0 Å². The van der Waals surface area contributed by atoms with Gasteiger partial charge in [-0.3, -0.25) is 0 Å². The van der Waals surface area contributed by atoms with Crippen molar-refractivity contribution in [1.29, 1.82) is 0 Å². The summed E-state index contributed by atoms with van der Waals surface area (Å²) < 4.78 is 10.2. The van der Waals surface area contributed by atoms with Gasteiger partial charge in [0.2, 0.25) is 0 Å². The second kappa shape index (κ2) is 3.02. The van der Waals surface area contributed by atoms with E-state index in [4.69, 9.17) is 15.2 Å². The zero-order valence-electron chi connectivity index (χ0n) is 4.80. The molecule has 0 aromatic rings. The van der Waals surface area contributed by atoms with Crippen molar-refractivity contribution >= 4 is 0 Å². The first-order chi connectivity index (χ1) is 3.93. The van der Waals surface area contributed by atoms with Gasteiger partial charge in [0.1, 0.15) is 0 Å². The van der Waals surface area contributed by atoms with Crippen molar-refractivity contribution in [1.82, 2.24) is 0 Å². The minimum Gasteiger partial charge on any atom is -0.376 e. The molecule has 0 aromatic carbocycles. The van der Waals surface area contributed by atoms with Crippen molar-refractivity contribution in [2.24, 2.45) is 5.73 Å². The van der Waals surface area contributed by atoms with Crippen LogP contribution in [-0.2, 0) is 9.47 Å². The van der Waals surface area contributed by atoms with Crippen molar-refractivity contribution in [2.75, 3.05) is 26.4 Å². The molecule has 2 N–H and O–H groups in total. The molecule has 1 heterocycles. The van der Waals surface area contributed by atoms with Crippen molar-refractivity contribution in [3.8, 4) is 0 Å². The highest BCUT2D eigenvalue weighted by Gasteiger charge is 2.10. The van der Waals surface area contributed by atoms with Crippen LogP contribution in [0.2, 0.25) is 0 Å². The van der Waals surface area contributed by atoms with Crippen LogP contribution < -0.4 is 5.73 Å². The lowest BCUT2D eigenvalue weighted by Crippen LogP contribution is -2.34. The summed E-state index contributed by atoms with van der Waals surface area (Å²) >= 11 is 0. The van der Waals surface area contributed by atoms with Crippen molar-refractivity contribution in [2.45, 2.75) is 6.10 Å². The van der Waals surface area contributed by atoms with E-state index in [1.165, 1.54) is 0 Å². The Morgan fingerprint density at radius 1 is 1.50 bits per heavy atom. The third-order valence-corrected chi connectivity index (χ3v) is 1.15. The molecular weight excluding hydrogens is 106 g/mol. The van der Waals surface area contributed by atoms with E-state index in [9.17, 15) is 0 Å². The molecule has 1 aliphatic heterocycles. The Hall–Kier alpha value is -0.120. The van der Waals surface area contributed by atoms with E-state index < -0.39 is 0 Å². The second-order valence-corrected chi connectivity index (χ2v) is 1.80. The first-order valence-electron chi connectivity index (χ1n) is 2.83. The second-order valence-electron chi connectivity index (χ2n) is 1.80. The molecule has 0 spiro atoms. The van der Waals surface area contributed by atoms with E-state index >= 15 is 0 Å². The molecule has 48 valence electrons. The summed E-state index contributed by atoms with van der Waals surface area (Å²) in [6, 6.07) is 0. The third kappa shape index (κ3) is 1.43. The van der Waals surface area contributed by atoms with Gasteiger partial charge in [-0.05, 0) is 0 Å². The highest BCUT2D eigenvalue weighted by Crippen LogP contribution is 1.96. The van der Waals surface area contributed by atoms with Crippen LogP contribution in [-0.4, -0.2) is 32.5 Å². The van der Waals surface area contributed by atoms with Gasteiger partial charge in [-0.25, -0.2) is 0 Å². The van der Waals surface area contributed by atoms with Crippen molar-refractivity contribution in [3.63, 3.8) is 0 Å². The number of ether oxygens (including phenoxy) is 2. The zero-order valence-corrected chi connectivity index (χ0v) is 4.80. The normalized spacial score (nSPS) is 30.4. The van der Waals surface area contributed by atoms with Crippen LogP contribution in [0.5, 0.6) is 0 Å². The number of rotatable bonds is 1. The molecule has 3 heteroatoms. The Kier molecular flexibility index (Phi) is 2.27. The minimum absolute atomic E-state index is 0.142. The van der Waals surface area contributed by atoms with Gasteiger partial charge in [-0.15, -0.1) is 0 Å². The smallest absolute Gasteiger partial charge is 0.0931 e. The lowest BCUT2D eigenvalue weighted by molar-refractivity contribution is -0.0834. The first kappa shape index (κ1) is 6.01. The van der Waals surface area contributed by atoms with Crippen molar-refractivity contribution in [3.05, 3.63) is 0 Å². The zero-order chi connectivity index (χ0) is 5.82. The van der Waals surface area contributed by atoms with Crippen LogP contribution in [0.1, 0.15) is 0 Å². The first-order valence-corrected chi connectivity index (χ1v) is 2.83. The maximum Gasteiger partial charge on any atom is 0.0931 e. The summed E-state index contributed by atoms with van der Waals surface area (Å²) in [6.45, 7) is 2.65. The maximum absolute atomic E-state index is 5.30. The Balaban J connectivity index is 2.13. The number of nitrogens with two attached hydrogens (primary N) is 1. The quantitative estimate of drug-likeness (QED) is 0.497. The summed E-state index contributed by atoms with van der Waals surface area (Å²) in [5.74, 6) is 0. The molecule has 1 rings (SSSR count). The summed E-state index contributed by atoms with van der Waals surface area (Å²) in [6.07, 6.45) is 0.142. The fourth-order valence-electron chi connectivity index (χ4n) is 0.673. The lowest BCUT2D eigenvalue weighted by Gasteiger charge is -2.20. The number of hydrogen-bond donors (Lipinski definition) is 1. The molecular formula is C5H11NO2. The Bertz CT molecular complexity index is 61.4. The Morgan fingerprint density at radius 3 is 2.75 bits per heavy atom. The minimum atomic E-state index is 0.142.